The van der Waals surface area contributed by atoms with Crippen LogP contribution in [0.5, 0.6) is 5.75 Å². The Hall–Kier alpha value is -2.93. The Kier molecular flexibility index (Phi) is 5.05. The summed E-state index contributed by atoms with van der Waals surface area (Å²) in [6, 6.07) is 5.42. The molecule has 0 amide bonds. The van der Waals surface area contributed by atoms with Crippen molar-refractivity contribution in [2.24, 2.45) is 5.73 Å². The highest BCUT2D eigenvalue weighted by molar-refractivity contribution is 5.73. The van der Waals surface area contributed by atoms with E-state index in [1.165, 1.54) is 12.1 Å². The fourth-order valence-electron chi connectivity index (χ4n) is 1.74. The number of aromatic nitrogens is 3. The van der Waals surface area contributed by atoms with Gasteiger partial charge in [0.2, 0.25) is 0 Å². The minimum absolute atomic E-state index is 0.160. The number of benzene rings is 1. The Labute approximate surface area is 126 Å². The molecule has 3 rings (SSSR count). The number of aliphatic carboxylic acids is 1. The van der Waals surface area contributed by atoms with Crippen LogP contribution in [0.1, 0.15) is 5.56 Å². The summed E-state index contributed by atoms with van der Waals surface area (Å²) in [7, 11) is 0. The van der Waals surface area contributed by atoms with E-state index in [1.54, 1.807) is 37.1 Å². The number of imidazole rings is 1. The molecule has 2 heterocycles. The Morgan fingerprint density at radius 2 is 1.91 bits per heavy atom. The predicted molar refractivity (Wildman–Crippen MR) is 80.4 cm³/mol. The van der Waals surface area contributed by atoms with Gasteiger partial charge in [0.25, 0.3) is 0 Å². The summed E-state index contributed by atoms with van der Waals surface area (Å²) in [6.07, 6.45) is 9.16. The molecule has 0 saturated heterocycles. The normalized spacial score (nSPS) is 11.5. The monoisotopic (exact) mass is 300 g/mol. The number of aromatic hydroxyl groups is 1. The molecule has 0 saturated carbocycles. The number of hydrogen-bond acceptors (Lipinski definition) is 5. The molecule has 2 aromatic heterocycles. The van der Waals surface area contributed by atoms with Gasteiger partial charge in [-0.3, -0.25) is 9.78 Å². The van der Waals surface area contributed by atoms with E-state index < -0.39 is 12.0 Å². The number of phenols is 1. The van der Waals surface area contributed by atoms with E-state index in [1.807, 2.05) is 10.6 Å². The van der Waals surface area contributed by atoms with Crippen LogP contribution in [0.4, 0.5) is 0 Å². The first-order valence-electron chi connectivity index (χ1n) is 6.54. The first-order valence-corrected chi connectivity index (χ1v) is 6.54. The standard InChI is InChI=1S/C9H11NO3.C6H5N3/c10-8(9(12)13)5-6-1-3-7(11)4-2-6;1-2-9-5-8-4-6(9)3-7-1/h1-4,8,11H,5,10H2,(H,12,13);1-5H. The average Bonchev–Trinajstić information content (AvgIpc) is 2.98. The van der Waals surface area contributed by atoms with Gasteiger partial charge in [0.05, 0.1) is 24.2 Å². The van der Waals surface area contributed by atoms with Crippen LogP contribution >= 0.6 is 0 Å². The number of nitrogens with two attached hydrogens (primary N) is 1. The number of carboxylic acid groups (broad SMARTS) is 1. The number of nitrogens with zero attached hydrogens (tertiary/aromatic N) is 3. The van der Waals surface area contributed by atoms with Crippen LogP contribution in [0.3, 0.4) is 0 Å². The van der Waals surface area contributed by atoms with Crippen LogP contribution < -0.4 is 5.73 Å². The van der Waals surface area contributed by atoms with Gasteiger partial charge in [-0.05, 0) is 24.1 Å². The topological polar surface area (TPSA) is 114 Å². The van der Waals surface area contributed by atoms with Crippen molar-refractivity contribution in [3.05, 3.63) is 60.9 Å². The number of fused-ring (bicyclic) bond motifs is 1. The molecule has 114 valence electrons. The van der Waals surface area contributed by atoms with Crippen LogP contribution in [0.2, 0.25) is 0 Å². The minimum Gasteiger partial charge on any atom is -0.508 e. The van der Waals surface area contributed by atoms with Crippen molar-refractivity contribution in [2.75, 3.05) is 0 Å². The van der Waals surface area contributed by atoms with E-state index in [0.29, 0.717) is 0 Å². The summed E-state index contributed by atoms with van der Waals surface area (Å²) in [5.74, 6) is -0.860. The SMILES string of the molecule is NC(Cc1ccc(O)cc1)C(=O)O.c1cn2cncc2cn1. The first-order chi connectivity index (χ1) is 10.6. The van der Waals surface area contributed by atoms with Crippen molar-refractivity contribution >= 4 is 11.5 Å². The smallest absolute Gasteiger partial charge is 0.320 e. The van der Waals surface area contributed by atoms with Crippen molar-refractivity contribution in [3.8, 4) is 5.75 Å². The highest BCUT2D eigenvalue weighted by Crippen LogP contribution is 2.10. The zero-order valence-corrected chi connectivity index (χ0v) is 11.7. The van der Waals surface area contributed by atoms with Gasteiger partial charge in [0.1, 0.15) is 11.8 Å². The average molecular weight is 300 g/mol. The predicted octanol–water partition coefficient (Wildman–Crippen LogP) is 1.08. The Morgan fingerprint density at radius 1 is 1.23 bits per heavy atom. The second-order valence-corrected chi connectivity index (χ2v) is 4.62. The van der Waals surface area contributed by atoms with Crippen molar-refractivity contribution in [3.63, 3.8) is 0 Å². The van der Waals surface area contributed by atoms with E-state index in [0.717, 1.165) is 11.1 Å². The molecule has 0 aliphatic carbocycles. The number of rotatable bonds is 3. The van der Waals surface area contributed by atoms with Gasteiger partial charge in [0, 0.05) is 12.4 Å². The van der Waals surface area contributed by atoms with Gasteiger partial charge in [-0.25, -0.2) is 4.98 Å². The van der Waals surface area contributed by atoms with Crippen LogP contribution in [0.25, 0.3) is 5.52 Å². The zero-order valence-electron chi connectivity index (χ0n) is 11.7. The van der Waals surface area contributed by atoms with Crippen LogP contribution in [0.15, 0.2) is 55.4 Å². The first kappa shape index (κ1) is 15.5. The maximum Gasteiger partial charge on any atom is 0.320 e. The summed E-state index contributed by atoms with van der Waals surface area (Å²) in [5.41, 5.74) is 7.15. The van der Waals surface area contributed by atoms with Gasteiger partial charge in [-0.1, -0.05) is 12.1 Å². The molecule has 0 bridgehead atoms. The Balaban J connectivity index is 0.000000170. The summed E-state index contributed by atoms with van der Waals surface area (Å²) in [6.45, 7) is 0. The van der Waals surface area contributed by atoms with E-state index in [-0.39, 0.29) is 12.2 Å². The molecule has 1 unspecified atom stereocenters. The lowest BCUT2D eigenvalue weighted by atomic mass is 10.1. The molecular formula is C15H16N4O3. The summed E-state index contributed by atoms with van der Waals surface area (Å²) < 4.78 is 1.91. The maximum atomic E-state index is 10.4. The van der Waals surface area contributed by atoms with E-state index >= 15 is 0 Å². The van der Waals surface area contributed by atoms with Gasteiger partial charge in [-0.15, -0.1) is 0 Å². The Morgan fingerprint density at radius 3 is 2.55 bits per heavy atom. The second kappa shape index (κ2) is 7.19. The maximum absolute atomic E-state index is 10.4. The molecule has 3 aromatic rings. The minimum atomic E-state index is -1.02. The van der Waals surface area contributed by atoms with Gasteiger partial charge >= 0.3 is 5.97 Å². The van der Waals surface area contributed by atoms with Crippen molar-refractivity contribution in [1.29, 1.82) is 0 Å². The third-order valence-corrected chi connectivity index (χ3v) is 2.93. The summed E-state index contributed by atoms with van der Waals surface area (Å²) in [5, 5.41) is 17.5. The van der Waals surface area contributed by atoms with Crippen molar-refractivity contribution in [2.45, 2.75) is 12.5 Å². The molecule has 0 spiro atoms. The molecule has 1 aromatic carbocycles. The largest absolute Gasteiger partial charge is 0.508 e. The van der Waals surface area contributed by atoms with Crippen LogP contribution in [-0.4, -0.2) is 36.6 Å². The fourth-order valence-corrected chi connectivity index (χ4v) is 1.74. The number of phenolic OH excluding ortho intramolecular Hbond substituents is 1. The van der Waals surface area contributed by atoms with Crippen LogP contribution in [-0.2, 0) is 11.2 Å². The fraction of sp³-hybridized carbons (Fsp3) is 0.133. The number of carboxylic acids is 1. The quantitative estimate of drug-likeness (QED) is 0.667. The second-order valence-electron chi connectivity index (χ2n) is 4.62. The summed E-state index contributed by atoms with van der Waals surface area (Å²) in [4.78, 5) is 18.2. The van der Waals surface area contributed by atoms with Crippen LogP contribution in [0, 0.1) is 0 Å². The zero-order chi connectivity index (χ0) is 15.9. The molecular weight excluding hydrogens is 284 g/mol. The molecule has 0 aliphatic rings. The van der Waals surface area contributed by atoms with E-state index in [4.69, 9.17) is 15.9 Å². The molecule has 0 aliphatic heterocycles. The molecule has 4 N–H and O–H groups in total. The molecule has 7 heteroatoms. The Bertz CT molecular complexity index is 710. The lowest BCUT2D eigenvalue weighted by Crippen LogP contribution is -2.32. The summed E-state index contributed by atoms with van der Waals surface area (Å²) >= 11 is 0. The lowest BCUT2D eigenvalue weighted by molar-refractivity contribution is -0.138. The van der Waals surface area contributed by atoms with E-state index in [2.05, 4.69) is 9.97 Å². The molecule has 0 radical (unpaired) electrons. The van der Waals surface area contributed by atoms with Gasteiger partial charge < -0.3 is 20.3 Å². The highest BCUT2D eigenvalue weighted by Gasteiger charge is 2.11. The molecule has 22 heavy (non-hydrogen) atoms. The van der Waals surface area contributed by atoms with Crippen molar-refractivity contribution < 1.29 is 15.0 Å². The molecule has 7 nitrogen and oxygen atoms in total. The third kappa shape index (κ3) is 4.29. The van der Waals surface area contributed by atoms with Gasteiger partial charge in [0.15, 0.2) is 0 Å². The van der Waals surface area contributed by atoms with Crippen molar-refractivity contribution in [1.82, 2.24) is 14.4 Å². The molecule has 1 atom stereocenters. The van der Waals surface area contributed by atoms with E-state index in [9.17, 15) is 4.79 Å². The lowest BCUT2D eigenvalue weighted by Gasteiger charge is -2.05. The highest BCUT2D eigenvalue weighted by atomic mass is 16.4. The number of carbonyl (C=O) groups is 1. The molecule has 0 fully saturated rings. The third-order valence-electron chi connectivity index (χ3n) is 2.93. The number of hydrogen-bond donors (Lipinski definition) is 3. The van der Waals surface area contributed by atoms with Gasteiger partial charge in [-0.2, -0.15) is 0 Å².